The summed E-state index contributed by atoms with van der Waals surface area (Å²) in [7, 11) is 1.83. The van der Waals surface area contributed by atoms with Gasteiger partial charge in [-0.2, -0.15) is 5.10 Å². The summed E-state index contributed by atoms with van der Waals surface area (Å²) in [6.45, 7) is 2.05. The summed E-state index contributed by atoms with van der Waals surface area (Å²) in [5, 5.41) is 13.7. The molecule has 4 heteroatoms. The summed E-state index contributed by atoms with van der Waals surface area (Å²) >= 11 is 3.34. The van der Waals surface area contributed by atoms with E-state index in [0.717, 1.165) is 23.0 Å². The number of aryl methyl sites for hydroxylation is 1. The van der Waals surface area contributed by atoms with Gasteiger partial charge >= 0.3 is 0 Å². The molecule has 1 N–H and O–H groups in total. The number of aromatic nitrogens is 2. The highest BCUT2D eigenvalue weighted by molar-refractivity contribution is 9.10. The highest BCUT2D eigenvalue weighted by atomic mass is 79.9. The van der Waals surface area contributed by atoms with Crippen LogP contribution in [0.15, 0.2) is 10.7 Å². The zero-order chi connectivity index (χ0) is 9.14. The molecule has 0 radical (unpaired) electrons. The molecule has 0 aliphatic rings. The first-order valence-electron chi connectivity index (χ1n) is 4.02. The van der Waals surface area contributed by atoms with E-state index in [4.69, 9.17) is 0 Å². The van der Waals surface area contributed by atoms with Gasteiger partial charge in [0.05, 0.1) is 22.5 Å². The third-order valence-electron chi connectivity index (χ3n) is 1.82. The first-order valence-corrected chi connectivity index (χ1v) is 4.81. The van der Waals surface area contributed by atoms with Gasteiger partial charge in [-0.15, -0.1) is 0 Å². The zero-order valence-electron chi connectivity index (χ0n) is 7.29. The van der Waals surface area contributed by atoms with Gasteiger partial charge in [0.25, 0.3) is 0 Å². The van der Waals surface area contributed by atoms with Crippen LogP contribution in [0.25, 0.3) is 0 Å². The minimum absolute atomic E-state index is 0.406. The maximum absolute atomic E-state index is 9.68. The van der Waals surface area contributed by atoms with Crippen LogP contribution in [0.1, 0.15) is 31.6 Å². The third kappa shape index (κ3) is 1.87. The van der Waals surface area contributed by atoms with Crippen LogP contribution >= 0.6 is 15.9 Å². The first-order chi connectivity index (χ1) is 5.66. The predicted octanol–water partition coefficient (Wildman–Crippen LogP) is 2.02. The van der Waals surface area contributed by atoms with E-state index in [0.29, 0.717) is 0 Å². The molecule has 1 rings (SSSR count). The average molecular weight is 233 g/mol. The molecule has 1 heterocycles. The molecule has 68 valence electrons. The smallest absolute Gasteiger partial charge is 0.0967 e. The average Bonchev–Trinajstić information content (AvgIpc) is 2.32. The Hall–Kier alpha value is -0.350. The molecule has 0 aliphatic heterocycles. The second kappa shape index (κ2) is 4.05. The maximum atomic E-state index is 9.68. The van der Waals surface area contributed by atoms with E-state index in [2.05, 4.69) is 21.0 Å². The molecule has 0 amide bonds. The molecule has 0 saturated heterocycles. The number of hydrogen-bond acceptors (Lipinski definition) is 2. The lowest BCUT2D eigenvalue weighted by Gasteiger charge is -2.09. The van der Waals surface area contributed by atoms with E-state index < -0.39 is 6.10 Å². The van der Waals surface area contributed by atoms with E-state index in [1.165, 1.54) is 0 Å². The number of hydrogen-bond donors (Lipinski definition) is 1. The molecular formula is C8H13BrN2O. The van der Waals surface area contributed by atoms with Crippen molar-refractivity contribution >= 4 is 15.9 Å². The van der Waals surface area contributed by atoms with Gasteiger partial charge in [0.1, 0.15) is 0 Å². The molecule has 0 saturated carbocycles. The zero-order valence-corrected chi connectivity index (χ0v) is 8.87. The SMILES string of the molecule is CCCC(O)c1c(Br)cnn1C. The fraction of sp³-hybridized carbons (Fsp3) is 0.625. The van der Waals surface area contributed by atoms with Crippen molar-refractivity contribution in [2.45, 2.75) is 25.9 Å². The summed E-state index contributed by atoms with van der Waals surface area (Å²) in [4.78, 5) is 0. The second-order valence-corrected chi connectivity index (χ2v) is 3.66. The summed E-state index contributed by atoms with van der Waals surface area (Å²) < 4.78 is 2.58. The van der Waals surface area contributed by atoms with Crippen molar-refractivity contribution in [3.63, 3.8) is 0 Å². The van der Waals surface area contributed by atoms with Gasteiger partial charge < -0.3 is 5.11 Å². The van der Waals surface area contributed by atoms with Crippen LogP contribution in [-0.4, -0.2) is 14.9 Å². The van der Waals surface area contributed by atoms with Crippen molar-refractivity contribution in [1.29, 1.82) is 0 Å². The monoisotopic (exact) mass is 232 g/mol. The van der Waals surface area contributed by atoms with E-state index in [-0.39, 0.29) is 0 Å². The molecule has 1 unspecified atom stereocenters. The number of nitrogens with zero attached hydrogens (tertiary/aromatic N) is 2. The first kappa shape index (κ1) is 9.74. The molecule has 1 atom stereocenters. The number of halogens is 1. The molecule has 12 heavy (non-hydrogen) atoms. The molecule has 0 aromatic carbocycles. The Kier molecular flexibility index (Phi) is 3.29. The van der Waals surface area contributed by atoms with Gasteiger partial charge in [-0.05, 0) is 22.4 Å². The highest BCUT2D eigenvalue weighted by Gasteiger charge is 2.14. The van der Waals surface area contributed by atoms with Crippen LogP contribution in [0.3, 0.4) is 0 Å². The fourth-order valence-corrected chi connectivity index (χ4v) is 1.82. The Morgan fingerprint density at radius 3 is 2.83 bits per heavy atom. The van der Waals surface area contributed by atoms with E-state index in [9.17, 15) is 5.11 Å². The predicted molar refractivity (Wildman–Crippen MR) is 50.8 cm³/mol. The quantitative estimate of drug-likeness (QED) is 0.867. The molecule has 0 aliphatic carbocycles. The van der Waals surface area contributed by atoms with Gasteiger partial charge in [-0.3, -0.25) is 4.68 Å². The highest BCUT2D eigenvalue weighted by Crippen LogP contribution is 2.25. The van der Waals surface area contributed by atoms with E-state index in [1.54, 1.807) is 10.9 Å². The number of aliphatic hydroxyl groups excluding tert-OH is 1. The number of rotatable bonds is 3. The van der Waals surface area contributed by atoms with Gasteiger partial charge in [-0.1, -0.05) is 13.3 Å². The van der Waals surface area contributed by atoms with Crippen LogP contribution in [0.4, 0.5) is 0 Å². The van der Waals surface area contributed by atoms with E-state index >= 15 is 0 Å². The molecule has 0 fully saturated rings. The molecule has 3 nitrogen and oxygen atoms in total. The normalized spacial score (nSPS) is 13.3. The minimum Gasteiger partial charge on any atom is -0.387 e. The number of aliphatic hydroxyl groups is 1. The van der Waals surface area contributed by atoms with Crippen LogP contribution in [0, 0.1) is 0 Å². The topological polar surface area (TPSA) is 38.1 Å². The van der Waals surface area contributed by atoms with Gasteiger partial charge in [0, 0.05) is 7.05 Å². The Bertz CT molecular complexity index is 240. The lowest BCUT2D eigenvalue weighted by Crippen LogP contribution is -2.05. The van der Waals surface area contributed by atoms with Crippen LogP contribution in [0.5, 0.6) is 0 Å². The van der Waals surface area contributed by atoms with Gasteiger partial charge in [-0.25, -0.2) is 0 Å². The molecule has 0 spiro atoms. The minimum atomic E-state index is -0.406. The van der Waals surface area contributed by atoms with Crippen molar-refractivity contribution in [2.24, 2.45) is 7.05 Å². The standard InChI is InChI=1S/C8H13BrN2O/c1-3-4-7(12)8-6(9)5-10-11(8)2/h5,7,12H,3-4H2,1-2H3. The summed E-state index contributed by atoms with van der Waals surface area (Å²) in [6.07, 6.45) is 3.04. The largest absolute Gasteiger partial charge is 0.387 e. The summed E-state index contributed by atoms with van der Waals surface area (Å²) in [5.41, 5.74) is 0.858. The Morgan fingerprint density at radius 2 is 2.42 bits per heavy atom. The van der Waals surface area contributed by atoms with Crippen molar-refractivity contribution in [2.75, 3.05) is 0 Å². The molecule has 1 aromatic heterocycles. The fourth-order valence-electron chi connectivity index (χ4n) is 1.21. The van der Waals surface area contributed by atoms with Crippen molar-refractivity contribution in [3.8, 4) is 0 Å². The molecular weight excluding hydrogens is 220 g/mol. The van der Waals surface area contributed by atoms with Crippen molar-refractivity contribution in [1.82, 2.24) is 9.78 Å². The lowest BCUT2D eigenvalue weighted by atomic mass is 10.1. The van der Waals surface area contributed by atoms with Crippen LogP contribution in [0.2, 0.25) is 0 Å². The Labute approximate surface area is 80.5 Å². The maximum Gasteiger partial charge on any atom is 0.0967 e. The summed E-state index contributed by atoms with van der Waals surface area (Å²) in [6, 6.07) is 0. The van der Waals surface area contributed by atoms with Gasteiger partial charge in [0.2, 0.25) is 0 Å². The third-order valence-corrected chi connectivity index (χ3v) is 2.43. The lowest BCUT2D eigenvalue weighted by molar-refractivity contribution is 0.156. The van der Waals surface area contributed by atoms with Crippen molar-refractivity contribution < 1.29 is 5.11 Å². The molecule has 0 bridgehead atoms. The van der Waals surface area contributed by atoms with Crippen LogP contribution < -0.4 is 0 Å². The summed E-state index contributed by atoms with van der Waals surface area (Å²) in [5.74, 6) is 0. The van der Waals surface area contributed by atoms with Crippen molar-refractivity contribution in [3.05, 3.63) is 16.4 Å². The van der Waals surface area contributed by atoms with Gasteiger partial charge in [0.15, 0.2) is 0 Å². The van der Waals surface area contributed by atoms with Crippen LogP contribution in [-0.2, 0) is 7.05 Å². The Balaban J connectivity index is 2.85. The Morgan fingerprint density at radius 1 is 1.75 bits per heavy atom. The van der Waals surface area contributed by atoms with E-state index in [1.807, 2.05) is 14.0 Å². The second-order valence-electron chi connectivity index (χ2n) is 2.81. The molecule has 1 aromatic rings.